The van der Waals surface area contributed by atoms with Gasteiger partial charge in [0, 0.05) is 37.2 Å². The lowest BCUT2D eigenvalue weighted by Crippen LogP contribution is -2.74. The summed E-state index contributed by atoms with van der Waals surface area (Å²) in [5.74, 6) is -1.54. The minimum atomic E-state index is -1.01. The van der Waals surface area contributed by atoms with Crippen LogP contribution in [-0.4, -0.2) is 62.0 Å². The van der Waals surface area contributed by atoms with Gasteiger partial charge >= 0.3 is 17.9 Å². The highest BCUT2D eigenvalue weighted by atomic mass is 16.7. The van der Waals surface area contributed by atoms with Crippen LogP contribution in [0.25, 0.3) is 0 Å². The summed E-state index contributed by atoms with van der Waals surface area (Å²) in [7, 11) is 1.57. The number of ether oxygens (including phenoxy) is 6. The lowest BCUT2D eigenvalue weighted by atomic mass is 9.38. The van der Waals surface area contributed by atoms with Crippen molar-refractivity contribution < 1.29 is 47.6 Å². The molecule has 40 heavy (non-hydrogen) atoms. The summed E-state index contributed by atoms with van der Waals surface area (Å²) in [5.41, 5.74) is -1.40. The zero-order valence-electron chi connectivity index (χ0n) is 23.5. The molecule has 5 aliphatic rings. The average molecular weight is 557 g/mol. The zero-order chi connectivity index (χ0) is 28.6. The normalized spacial score (nSPS) is 41.3. The van der Waals surface area contributed by atoms with Crippen molar-refractivity contribution in [1.29, 1.82) is 0 Å². The third-order valence-corrected chi connectivity index (χ3v) is 10.7. The molecule has 0 bridgehead atoms. The molecule has 6 rings (SSSR count). The van der Waals surface area contributed by atoms with Crippen LogP contribution in [0.15, 0.2) is 18.2 Å². The van der Waals surface area contributed by atoms with Gasteiger partial charge in [-0.2, -0.15) is 0 Å². The molecule has 2 heterocycles. The van der Waals surface area contributed by atoms with Crippen LogP contribution < -0.4 is 9.47 Å². The highest BCUT2D eigenvalue weighted by Crippen LogP contribution is 2.68. The number of methoxy groups -OCH3 is 1. The van der Waals surface area contributed by atoms with Gasteiger partial charge in [-0.05, 0) is 55.2 Å². The zero-order valence-corrected chi connectivity index (χ0v) is 23.5. The van der Waals surface area contributed by atoms with Crippen LogP contribution in [0.2, 0.25) is 0 Å². The van der Waals surface area contributed by atoms with Gasteiger partial charge in [0.2, 0.25) is 6.79 Å². The van der Waals surface area contributed by atoms with Gasteiger partial charge in [0.1, 0.15) is 12.2 Å². The summed E-state index contributed by atoms with van der Waals surface area (Å²) in [6.07, 6.45) is -0.996. The van der Waals surface area contributed by atoms with Gasteiger partial charge in [0.05, 0.1) is 11.7 Å². The number of esters is 3. The van der Waals surface area contributed by atoms with Gasteiger partial charge < -0.3 is 28.4 Å². The van der Waals surface area contributed by atoms with Crippen LogP contribution in [0.4, 0.5) is 0 Å². The molecule has 2 aliphatic heterocycles. The number of carbonyl (C=O) groups is 4. The van der Waals surface area contributed by atoms with Crippen LogP contribution >= 0.6 is 0 Å². The van der Waals surface area contributed by atoms with Gasteiger partial charge in [-0.15, -0.1) is 0 Å². The SMILES string of the molecule is CO[C@H]1[C@H](C)[C@@H]2CC(=O)O[C@@H]3C[C@H]4CC[C@H](OC(C)=O)C(=O)[C@]4(C)[C@@H]([C@@H]1OC(=O)c1ccc4c(c1)OCO4)[C@@]32C. The Kier molecular flexibility index (Phi) is 6.40. The maximum absolute atomic E-state index is 14.3. The maximum Gasteiger partial charge on any atom is 0.338 e. The third kappa shape index (κ3) is 3.78. The standard InChI is InChI=1S/C30H36O10/c1-14-18-12-23(32)39-22-11-17-7-9-20(38-15(2)31)27(33)29(17,3)26(30(18,22)4)25(24(14)35-5)40-28(34)16-6-8-19-21(10-16)37-13-36-19/h6,8,10,14,17-18,20,22,24-26H,7,9,11-13H2,1-5H3/t14-,17-,18+,20+,22-,24+,25-,26-,29+,30-/m1/s1. The van der Waals surface area contributed by atoms with Crippen LogP contribution in [-0.2, 0) is 33.3 Å². The monoisotopic (exact) mass is 556 g/mol. The molecule has 0 spiro atoms. The number of rotatable bonds is 4. The van der Waals surface area contributed by atoms with Crippen LogP contribution in [0.3, 0.4) is 0 Å². The minimum absolute atomic E-state index is 0.0764. The summed E-state index contributed by atoms with van der Waals surface area (Å²) in [6.45, 7) is 7.37. The molecule has 0 aromatic heterocycles. The van der Waals surface area contributed by atoms with Gasteiger partial charge in [0.15, 0.2) is 23.4 Å². The van der Waals surface area contributed by atoms with Crippen molar-refractivity contribution in [1.82, 2.24) is 0 Å². The van der Waals surface area contributed by atoms with Crippen molar-refractivity contribution in [3.63, 3.8) is 0 Å². The van der Waals surface area contributed by atoms with Crippen molar-refractivity contribution in [3.05, 3.63) is 23.8 Å². The molecule has 216 valence electrons. The minimum Gasteiger partial charge on any atom is -0.462 e. The number of hydrogen-bond acceptors (Lipinski definition) is 10. The van der Waals surface area contributed by atoms with Crippen molar-refractivity contribution in [2.24, 2.45) is 34.5 Å². The van der Waals surface area contributed by atoms with Crippen molar-refractivity contribution in [2.45, 2.75) is 77.8 Å². The van der Waals surface area contributed by atoms with E-state index in [0.29, 0.717) is 30.8 Å². The van der Waals surface area contributed by atoms with E-state index in [1.807, 2.05) is 13.8 Å². The molecule has 10 heteroatoms. The Labute approximate surface area is 232 Å². The van der Waals surface area contributed by atoms with Crippen LogP contribution in [0.5, 0.6) is 11.5 Å². The molecule has 10 nitrogen and oxygen atoms in total. The number of fused-ring (bicyclic) bond motifs is 3. The van der Waals surface area contributed by atoms with E-state index in [-0.39, 0.29) is 48.3 Å². The van der Waals surface area contributed by atoms with Crippen molar-refractivity contribution in [2.75, 3.05) is 13.9 Å². The van der Waals surface area contributed by atoms with Gasteiger partial charge in [-0.3, -0.25) is 14.4 Å². The highest BCUT2D eigenvalue weighted by Gasteiger charge is 2.74. The molecular weight excluding hydrogens is 520 g/mol. The van der Waals surface area contributed by atoms with Crippen LogP contribution in [0, 0.1) is 34.5 Å². The molecule has 1 aromatic rings. The number of hydrogen-bond donors (Lipinski definition) is 0. The molecule has 1 saturated heterocycles. The predicted molar refractivity (Wildman–Crippen MR) is 137 cm³/mol. The third-order valence-electron chi connectivity index (χ3n) is 10.7. The summed E-state index contributed by atoms with van der Waals surface area (Å²) >= 11 is 0. The van der Waals surface area contributed by atoms with E-state index in [1.54, 1.807) is 25.3 Å². The van der Waals surface area contributed by atoms with E-state index in [2.05, 4.69) is 6.92 Å². The summed E-state index contributed by atoms with van der Waals surface area (Å²) in [5, 5.41) is 0. The molecule has 0 amide bonds. The first kappa shape index (κ1) is 27.1. The molecule has 1 aromatic carbocycles. The first-order valence-corrected chi connectivity index (χ1v) is 14.0. The predicted octanol–water partition coefficient (Wildman–Crippen LogP) is 3.48. The summed E-state index contributed by atoms with van der Waals surface area (Å²) in [4.78, 5) is 52.7. The quantitative estimate of drug-likeness (QED) is 0.402. The number of carbonyl (C=O) groups excluding carboxylic acids is 4. The van der Waals surface area contributed by atoms with E-state index < -0.39 is 53.1 Å². The first-order valence-electron chi connectivity index (χ1n) is 14.0. The van der Waals surface area contributed by atoms with Gasteiger partial charge in [0.25, 0.3) is 0 Å². The van der Waals surface area contributed by atoms with E-state index in [0.717, 1.165) is 0 Å². The number of Topliss-reactive ketones (excluding diaryl/α,β-unsaturated/α-hetero) is 1. The second-order valence-electron chi connectivity index (χ2n) is 12.4. The molecule has 0 unspecified atom stereocenters. The Balaban J connectivity index is 1.45. The Morgan fingerprint density at radius 2 is 1.77 bits per heavy atom. The second kappa shape index (κ2) is 9.46. The van der Waals surface area contributed by atoms with E-state index >= 15 is 0 Å². The van der Waals surface area contributed by atoms with Crippen molar-refractivity contribution in [3.8, 4) is 11.5 Å². The Morgan fingerprint density at radius 3 is 2.50 bits per heavy atom. The van der Waals surface area contributed by atoms with E-state index in [1.165, 1.54) is 6.92 Å². The fraction of sp³-hybridized carbons (Fsp3) is 0.667. The number of ketones is 1. The lowest BCUT2D eigenvalue weighted by molar-refractivity contribution is -0.281. The Bertz CT molecular complexity index is 1260. The molecule has 0 N–H and O–H groups in total. The van der Waals surface area contributed by atoms with Crippen molar-refractivity contribution >= 4 is 23.7 Å². The number of benzene rings is 1. The molecule has 10 atom stereocenters. The molecule has 0 radical (unpaired) electrons. The Morgan fingerprint density at radius 1 is 1.02 bits per heavy atom. The topological polar surface area (TPSA) is 124 Å². The highest BCUT2D eigenvalue weighted by molar-refractivity contribution is 5.93. The van der Waals surface area contributed by atoms with Gasteiger partial charge in [-0.1, -0.05) is 20.8 Å². The van der Waals surface area contributed by atoms with E-state index in [9.17, 15) is 19.2 Å². The molecule has 4 fully saturated rings. The largest absolute Gasteiger partial charge is 0.462 e. The smallest absolute Gasteiger partial charge is 0.338 e. The van der Waals surface area contributed by atoms with E-state index in [4.69, 9.17) is 28.4 Å². The maximum atomic E-state index is 14.3. The summed E-state index contributed by atoms with van der Waals surface area (Å²) < 4.78 is 34.7. The Hall–Kier alpha value is -3.14. The second-order valence-corrected chi connectivity index (χ2v) is 12.4. The van der Waals surface area contributed by atoms with Gasteiger partial charge in [-0.25, -0.2) is 4.79 Å². The molecule has 3 aliphatic carbocycles. The summed E-state index contributed by atoms with van der Waals surface area (Å²) in [6, 6.07) is 4.87. The first-order chi connectivity index (χ1) is 19.0. The molecule has 3 saturated carbocycles. The fourth-order valence-electron chi connectivity index (χ4n) is 8.89. The average Bonchev–Trinajstić information content (AvgIpc) is 3.37. The van der Waals surface area contributed by atoms with Crippen LogP contribution in [0.1, 0.15) is 63.7 Å². The fourth-order valence-corrected chi connectivity index (χ4v) is 8.89. The lowest BCUT2D eigenvalue weighted by Gasteiger charge is -2.68. The molecular formula is C30H36O10.